The third-order valence-electron chi connectivity index (χ3n) is 3.15. The second kappa shape index (κ2) is 6.76. The summed E-state index contributed by atoms with van der Waals surface area (Å²) in [6.45, 7) is 1.86. The molecule has 2 rings (SSSR count). The molecule has 0 saturated carbocycles. The first kappa shape index (κ1) is 15.6. The monoisotopic (exact) mass is 299 g/mol. The van der Waals surface area contributed by atoms with Crippen LogP contribution in [-0.4, -0.2) is 25.5 Å². The zero-order valence-electron chi connectivity index (χ0n) is 12.5. The molecule has 5 heteroatoms. The molecule has 0 bridgehead atoms. The van der Waals surface area contributed by atoms with Crippen molar-refractivity contribution in [2.45, 2.75) is 6.92 Å². The zero-order chi connectivity index (χ0) is 16.1. The number of rotatable bonds is 5. The van der Waals surface area contributed by atoms with Crippen LogP contribution in [0, 0.1) is 0 Å². The molecule has 0 saturated heterocycles. The zero-order valence-corrected chi connectivity index (χ0v) is 12.5. The quantitative estimate of drug-likeness (QED) is 0.521. The molecule has 22 heavy (non-hydrogen) atoms. The molecule has 0 amide bonds. The molecule has 0 spiro atoms. The Kier molecular flexibility index (Phi) is 4.78. The van der Waals surface area contributed by atoms with E-state index in [-0.39, 0.29) is 12.3 Å². The van der Waals surface area contributed by atoms with Crippen molar-refractivity contribution in [2.24, 2.45) is 5.73 Å². The minimum Gasteiger partial charge on any atom is -0.495 e. The molecule has 0 aliphatic carbocycles. The molecule has 0 heterocycles. The Bertz CT molecular complexity index is 749. The summed E-state index contributed by atoms with van der Waals surface area (Å²) in [5.74, 6) is -0.667. The predicted octanol–water partition coefficient (Wildman–Crippen LogP) is 2.44. The van der Waals surface area contributed by atoms with Gasteiger partial charge in [0.05, 0.1) is 19.3 Å². The maximum Gasteiger partial charge on any atom is 0.354 e. The van der Waals surface area contributed by atoms with Crippen LogP contribution in [0.4, 0.5) is 0 Å². The van der Waals surface area contributed by atoms with Crippen molar-refractivity contribution in [3.63, 3.8) is 0 Å². The summed E-state index contributed by atoms with van der Waals surface area (Å²) < 4.78 is 10.1. The molecule has 2 aromatic carbocycles. The molecule has 5 nitrogen and oxygen atoms in total. The van der Waals surface area contributed by atoms with E-state index in [4.69, 9.17) is 15.2 Å². The van der Waals surface area contributed by atoms with Gasteiger partial charge in [0, 0.05) is 11.5 Å². The third-order valence-corrected chi connectivity index (χ3v) is 3.15. The largest absolute Gasteiger partial charge is 0.495 e. The highest BCUT2D eigenvalue weighted by Crippen LogP contribution is 2.30. The lowest BCUT2D eigenvalue weighted by Crippen LogP contribution is -2.16. The Labute approximate surface area is 128 Å². The summed E-state index contributed by atoms with van der Waals surface area (Å²) in [4.78, 5) is 23.8. The standard InChI is InChI=1S/C17H17NO4/c1-3-22-17(20)14(18)10-15(19)13-9-8-11-6-4-5-7-12(11)16(13)21-2/h4-10H,3,18H2,1-2H3/b14-10-. The molecule has 2 aromatic rings. The lowest BCUT2D eigenvalue weighted by Gasteiger charge is -2.10. The van der Waals surface area contributed by atoms with E-state index in [1.807, 2.05) is 30.3 Å². The van der Waals surface area contributed by atoms with E-state index in [0.29, 0.717) is 11.3 Å². The van der Waals surface area contributed by atoms with Crippen molar-refractivity contribution >= 4 is 22.5 Å². The number of allylic oxidation sites excluding steroid dienone is 1. The van der Waals surface area contributed by atoms with Gasteiger partial charge in [0.2, 0.25) is 0 Å². The Balaban J connectivity index is 2.44. The summed E-state index contributed by atoms with van der Waals surface area (Å²) in [6, 6.07) is 11.0. The van der Waals surface area contributed by atoms with Gasteiger partial charge in [-0.1, -0.05) is 30.3 Å². The number of nitrogens with two attached hydrogens (primary N) is 1. The summed E-state index contributed by atoms with van der Waals surface area (Å²) in [7, 11) is 1.50. The maximum atomic E-state index is 12.3. The highest BCUT2D eigenvalue weighted by molar-refractivity contribution is 6.12. The number of esters is 1. The van der Waals surface area contributed by atoms with Crippen LogP contribution in [0.25, 0.3) is 10.8 Å². The van der Waals surface area contributed by atoms with E-state index in [1.165, 1.54) is 7.11 Å². The van der Waals surface area contributed by atoms with Crippen LogP contribution in [0.15, 0.2) is 48.2 Å². The van der Waals surface area contributed by atoms with Gasteiger partial charge in [-0.25, -0.2) is 4.79 Å². The third kappa shape index (κ3) is 3.09. The summed E-state index contributed by atoms with van der Waals surface area (Å²) in [5.41, 5.74) is 5.68. The van der Waals surface area contributed by atoms with Crippen LogP contribution < -0.4 is 10.5 Å². The lowest BCUT2D eigenvalue weighted by molar-refractivity contribution is -0.138. The highest BCUT2D eigenvalue weighted by Gasteiger charge is 2.16. The fraction of sp³-hybridized carbons (Fsp3) is 0.176. The van der Waals surface area contributed by atoms with Crippen molar-refractivity contribution in [3.05, 3.63) is 53.7 Å². The molecule has 0 radical (unpaired) electrons. The van der Waals surface area contributed by atoms with E-state index in [2.05, 4.69) is 0 Å². The van der Waals surface area contributed by atoms with Crippen LogP contribution in [0.5, 0.6) is 5.75 Å². The van der Waals surface area contributed by atoms with Gasteiger partial charge >= 0.3 is 5.97 Å². The maximum absolute atomic E-state index is 12.3. The van der Waals surface area contributed by atoms with E-state index < -0.39 is 11.8 Å². The predicted molar refractivity (Wildman–Crippen MR) is 83.7 cm³/mol. The number of carbonyl (C=O) groups is 2. The van der Waals surface area contributed by atoms with Gasteiger partial charge in [-0.3, -0.25) is 4.79 Å². The van der Waals surface area contributed by atoms with Gasteiger partial charge in [-0.05, 0) is 18.4 Å². The molecular formula is C17H17NO4. The van der Waals surface area contributed by atoms with Gasteiger partial charge in [-0.15, -0.1) is 0 Å². The van der Waals surface area contributed by atoms with Gasteiger partial charge < -0.3 is 15.2 Å². The van der Waals surface area contributed by atoms with E-state index in [0.717, 1.165) is 16.8 Å². The average Bonchev–Trinajstić information content (AvgIpc) is 2.53. The van der Waals surface area contributed by atoms with E-state index >= 15 is 0 Å². The summed E-state index contributed by atoms with van der Waals surface area (Å²) >= 11 is 0. The smallest absolute Gasteiger partial charge is 0.354 e. The van der Waals surface area contributed by atoms with Gasteiger partial charge in [0.1, 0.15) is 11.4 Å². The molecule has 0 atom stereocenters. The Morgan fingerprint density at radius 1 is 1.18 bits per heavy atom. The molecular weight excluding hydrogens is 282 g/mol. The topological polar surface area (TPSA) is 78.6 Å². The number of carbonyl (C=O) groups excluding carboxylic acids is 2. The summed E-state index contributed by atoms with van der Waals surface area (Å²) in [5, 5.41) is 1.78. The minimum absolute atomic E-state index is 0.195. The van der Waals surface area contributed by atoms with Crippen LogP contribution in [-0.2, 0) is 9.53 Å². The van der Waals surface area contributed by atoms with Crippen molar-refractivity contribution in [2.75, 3.05) is 13.7 Å². The van der Waals surface area contributed by atoms with Crippen LogP contribution in [0.1, 0.15) is 17.3 Å². The first-order valence-corrected chi connectivity index (χ1v) is 6.82. The first-order valence-electron chi connectivity index (χ1n) is 6.82. The van der Waals surface area contributed by atoms with Crippen LogP contribution in [0.3, 0.4) is 0 Å². The Morgan fingerprint density at radius 3 is 2.59 bits per heavy atom. The van der Waals surface area contributed by atoms with Crippen LogP contribution >= 0.6 is 0 Å². The number of methoxy groups -OCH3 is 1. The molecule has 0 aliphatic heterocycles. The molecule has 0 aliphatic rings. The fourth-order valence-electron chi connectivity index (χ4n) is 2.15. The molecule has 0 unspecified atom stereocenters. The number of hydrogen-bond donors (Lipinski definition) is 1. The van der Waals surface area contributed by atoms with Gasteiger partial charge in [-0.2, -0.15) is 0 Å². The highest BCUT2D eigenvalue weighted by atomic mass is 16.5. The number of hydrogen-bond acceptors (Lipinski definition) is 5. The lowest BCUT2D eigenvalue weighted by atomic mass is 10.0. The average molecular weight is 299 g/mol. The van der Waals surface area contributed by atoms with Crippen LogP contribution in [0.2, 0.25) is 0 Å². The fourth-order valence-corrected chi connectivity index (χ4v) is 2.15. The van der Waals surface area contributed by atoms with Crippen molar-refractivity contribution in [3.8, 4) is 5.75 Å². The SMILES string of the molecule is CCOC(=O)/C(N)=C/C(=O)c1ccc2ccccc2c1OC. The first-order chi connectivity index (χ1) is 10.6. The minimum atomic E-state index is -0.712. The number of ether oxygens (including phenoxy) is 2. The van der Waals surface area contributed by atoms with Gasteiger partial charge in [0.15, 0.2) is 5.78 Å². The van der Waals surface area contributed by atoms with E-state index in [9.17, 15) is 9.59 Å². The Morgan fingerprint density at radius 2 is 1.91 bits per heavy atom. The van der Waals surface area contributed by atoms with Gasteiger partial charge in [0.25, 0.3) is 0 Å². The summed E-state index contributed by atoms with van der Waals surface area (Å²) in [6.07, 6.45) is 1.06. The number of ketones is 1. The van der Waals surface area contributed by atoms with Crippen molar-refractivity contribution in [1.82, 2.24) is 0 Å². The second-order valence-corrected chi connectivity index (χ2v) is 4.55. The second-order valence-electron chi connectivity index (χ2n) is 4.55. The van der Waals surface area contributed by atoms with Crippen molar-refractivity contribution < 1.29 is 19.1 Å². The number of benzene rings is 2. The normalized spacial score (nSPS) is 11.3. The Hall–Kier alpha value is -2.82. The molecule has 0 fully saturated rings. The molecule has 0 aromatic heterocycles. The molecule has 2 N–H and O–H groups in total. The van der Waals surface area contributed by atoms with Crippen molar-refractivity contribution in [1.29, 1.82) is 0 Å². The molecule has 114 valence electrons. The van der Waals surface area contributed by atoms with E-state index in [1.54, 1.807) is 13.0 Å². The number of fused-ring (bicyclic) bond motifs is 1.